The maximum Gasteiger partial charge on any atom is 0.240 e. The quantitative estimate of drug-likeness (QED) is 0.599. The molecule has 0 aromatic heterocycles. The normalized spacial score (nSPS) is 16.9. The van der Waals surface area contributed by atoms with E-state index in [1.807, 2.05) is 19.1 Å². The summed E-state index contributed by atoms with van der Waals surface area (Å²) in [7, 11) is 0. The monoisotopic (exact) mass is 244 g/mol. The molecule has 1 aromatic carbocycles. The first-order valence-electron chi connectivity index (χ1n) is 6.57. The molecule has 96 valence electrons. The minimum atomic E-state index is 0.485. The molecule has 0 radical (unpaired) electrons. The van der Waals surface area contributed by atoms with Crippen LogP contribution < -0.4 is 4.90 Å². The van der Waals surface area contributed by atoms with Crippen LogP contribution in [0.25, 0.3) is 0 Å². The molecule has 1 fully saturated rings. The van der Waals surface area contributed by atoms with Gasteiger partial charge in [-0.2, -0.15) is 4.99 Å². The first-order chi connectivity index (χ1) is 8.64. The summed E-state index contributed by atoms with van der Waals surface area (Å²) in [4.78, 5) is 16.5. The summed E-state index contributed by atoms with van der Waals surface area (Å²) in [5.74, 6) is 0. The number of aliphatic imine (C=N–C) groups is 1. The van der Waals surface area contributed by atoms with Gasteiger partial charge in [-0.1, -0.05) is 19.9 Å². The molecule has 1 aliphatic rings. The van der Waals surface area contributed by atoms with Crippen molar-refractivity contribution >= 4 is 17.5 Å². The molecule has 1 saturated heterocycles. The fourth-order valence-electron chi connectivity index (χ4n) is 2.61. The minimum Gasteiger partial charge on any atom is -0.370 e. The average molecular weight is 244 g/mol. The number of anilines is 1. The van der Waals surface area contributed by atoms with Crippen LogP contribution in [0.1, 0.15) is 32.3 Å². The minimum absolute atomic E-state index is 0.485. The summed E-state index contributed by atoms with van der Waals surface area (Å²) in [6.45, 7) is 8.69. The predicted molar refractivity (Wildman–Crippen MR) is 74.2 cm³/mol. The van der Waals surface area contributed by atoms with E-state index in [-0.39, 0.29) is 0 Å². The van der Waals surface area contributed by atoms with Crippen LogP contribution in [0.4, 0.5) is 11.4 Å². The molecule has 0 bridgehead atoms. The van der Waals surface area contributed by atoms with E-state index in [1.54, 1.807) is 6.08 Å². The number of hydrogen-bond acceptors (Lipinski definition) is 3. The van der Waals surface area contributed by atoms with Crippen molar-refractivity contribution in [2.24, 2.45) is 10.4 Å². The Morgan fingerprint density at radius 3 is 2.56 bits per heavy atom. The highest BCUT2D eigenvalue weighted by molar-refractivity contribution is 5.63. The van der Waals surface area contributed by atoms with Gasteiger partial charge < -0.3 is 4.90 Å². The molecule has 1 heterocycles. The summed E-state index contributed by atoms with van der Waals surface area (Å²) < 4.78 is 0. The van der Waals surface area contributed by atoms with Crippen LogP contribution >= 0.6 is 0 Å². The zero-order valence-corrected chi connectivity index (χ0v) is 11.4. The molecule has 0 unspecified atom stereocenters. The molecule has 18 heavy (non-hydrogen) atoms. The number of isocyanates is 1. The highest BCUT2D eigenvalue weighted by Gasteiger charge is 2.39. The van der Waals surface area contributed by atoms with Crippen molar-refractivity contribution in [3.8, 4) is 0 Å². The van der Waals surface area contributed by atoms with E-state index in [4.69, 9.17) is 0 Å². The number of aryl methyl sites for hydroxylation is 1. The zero-order chi connectivity index (χ0) is 13.2. The van der Waals surface area contributed by atoms with Gasteiger partial charge in [-0.15, -0.1) is 0 Å². The summed E-state index contributed by atoms with van der Waals surface area (Å²) in [5, 5.41) is 0. The molecular weight excluding hydrogens is 224 g/mol. The summed E-state index contributed by atoms with van der Waals surface area (Å²) >= 11 is 0. The van der Waals surface area contributed by atoms with Crippen molar-refractivity contribution in [2.45, 2.75) is 33.6 Å². The SMILES string of the molecule is CCC1(CC)CN(c2ccc(C)c(N=C=O)c2)C1. The van der Waals surface area contributed by atoms with E-state index in [2.05, 4.69) is 29.8 Å². The molecule has 0 spiro atoms. The Hall–Kier alpha value is -1.60. The number of rotatable bonds is 4. The van der Waals surface area contributed by atoms with Crippen LogP contribution in [0.15, 0.2) is 23.2 Å². The topological polar surface area (TPSA) is 32.7 Å². The second-order valence-corrected chi connectivity index (χ2v) is 5.24. The smallest absolute Gasteiger partial charge is 0.240 e. The van der Waals surface area contributed by atoms with E-state index >= 15 is 0 Å². The molecular formula is C15H20N2O. The molecule has 2 rings (SSSR count). The number of benzene rings is 1. The van der Waals surface area contributed by atoms with Gasteiger partial charge >= 0.3 is 0 Å². The molecule has 0 amide bonds. The molecule has 1 aromatic rings. The number of carbonyl (C=O) groups excluding carboxylic acids is 1. The lowest BCUT2D eigenvalue weighted by Gasteiger charge is -2.51. The maximum atomic E-state index is 10.4. The number of hydrogen-bond donors (Lipinski definition) is 0. The molecule has 1 aliphatic heterocycles. The Balaban J connectivity index is 2.17. The van der Waals surface area contributed by atoms with Crippen LogP contribution in [-0.2, 0) is 4.79 Å². The van der Waals surface area contributed by atoms with Crippen molar-refractivity contribution < 1.29 is 4.79 Å². The summed E-state index contributed by atoms with van der Waals surface area (Å²) in [6.07, 6.45) is 4.08. The lowest BCUT2D eigenvalue weighted by atomic mass is 9.75. The molecule has 0 atom stereocenters. The first-order valence-corrected chi connectivity index (χ1v) is 6.57. The van der Waals surface area contributed by atoms with Crippen LogP contribution in [0.5, 0.6) is 0 Å². The van der Waals surface area contributed by atoms with E-state index < -0.39 is 0 Å². The third kappa shape index (κ3) is 2.19. The fourth-order valence-corrected chi connectivity index (χ4v) is 2.61. The second-order valence-electron chi connectivity index (χ2n) is 5.24. The Labute approximate surface area is 109 Å². The Kier molecular flexibility index (Phi) is 3.53. The largest absolute Gasteiger partial charge is 0.370 e. The van der Waals surface area contributed by atoms with Gasteiger partial charge in [0.2, 0.25) is 6.08 Å². The predicted octanol–water partition coefficient (Wildman–Crippen LogP) is 3.59. The molecule has 0 N–H and O–H groups in total. The Morgan fingerprint density at radius 1 is 1.33 bits per heavy atom. The van der Waals surface area contributed by atoms with Crippen molar-refractivity contribution in [3.05, 3.63) is 23.8 Å². The van der Waals surface area contributed by atoms with Crippen molar-refractivity contribution in [2.75, 3.05) is 18.0 Å². The third-order valence-corrected chi connectivity index (χ3v) is 4.28. The van der Waals surface area contributed by atoms with Gasteiger partial charge in [-0.3, -0.25) is 0 Å². The highest BCUT2D eigenvalue weighted by atomic mass is 16.1. The molecule has 3 nitrogen and oxygen atoms in total. The van der Waals surface area contributed by atoms with Crippen LogP contribution in [0.3, 0.4) is 0 Å². The van der Waals surface area contributed by atoms with Crippen molar-refractivity contribution in [1.29, 1.82) is 0 Å². The van der Waals surface area contributed by atoms with Gasteiger partial charge in [0.05, 0.1) is 5.69 Å². The van der Waals surface area contributed by atoms with Crippen LogP contribution in [0.2, 0.25) is 0 Å². The standard InChI is InChI=1S/C15H20N2O/c1-4-15(5-2)9-17(10-15)13-7-6-12(3)14(8-13)16-11-18/h6-8H,4-5,9-10H2,1-3H3. The maximum absolute atomic E-state index is 10.4. The first kappa shape index (κ1) is 12.8. The van der Waals surface area contributed by atoms with Gasteiger partial charge in [0.15, 0.2) is 0 Å². The van der Waals surface area contributed by atoms with Gasteiger partial charge in [0, 0.05) is 24.2 Å². The van der Waals surface area contributed by atoms with Crippen molar-refractivity contribution in [1.82, 2.24) is 0 Å². The second kappa shape index (κ2) is 4.95. The summed E-state index contributed by atoms with van der Waals surface area (Å²) in [5.41, 5.74) is 3.39. The fraction of sp³-hybridized carbons (Fsp3) is 0.533. The molecule has 0 saturated carbocycles. The van der Waals surface area contributed by atoms with Gasteiger partial charge in [-0.25, -0.2) is 4.79 Å². The van der Waals surface area contributed by atoms with Crippen molar-refractivity contribution in [3.63, 3.8) is 0 Å². The van der Waals surface area contributed by atoms with E-state index in [0.29, 0.717) is 5.41 Å². The molecule has 0 aliphatic carbocycles. The van der Waals surface area contributed by atoms with Gasteiger partial charge in [0.25, 0.3) is 0 Å². The third-order valence-electron chi connectivity index (χ3n) is 4.28. The number of nitrogens with zero attached hydrogens (tertiary/aromatic N) is 2. The van der Waals surface area contributed by atoms with E-state index in [9.17, 15) is 4.79 Å². The average Bonchev–Trinajstić information content (AvgIpc) is 2.33. The van der Waals surface area contributed by atoms with E-state index in [1.165, 1.54) is 12.8 Å². The summed E-state index contributed by atoms with van der Waals surface area (Å²) in [6, 6.07) is 6.10. The molecule has 3 heteroatoms. The van der Waals surface area contributed by atoms with Gasteiger partial charge in [0.1, 0.15) is 0 Å². The lowest BCUT2D eigenvalue weighted by Crippen LogP contribution is -2.55. The van der Waals surface area contributed by atoms with E-state index in [0.717, 1.165) is 30.0 Å². The van der Waals surface area contributed by atoms with Gasteiger partial charge in [-0.05, 0) is 37.5 Å². The zero-order valence-electron chi connectivity index (χ0n) is 11.4. The van der Waals surface area contributed by atoms with Crippen LogP contribution in [-0.4, -0.2) is 19.2 Å². The Bertz CT molecular complexity index is 477. The Morgan fingerprint density at radius 2 is 2.00 bits per heavy atom. The lowest BCUT2D eigenvalue weighted by molar-refractivity contribution is 0.194. The van der Waals surface area contributed by atoms with Crippen LogP contribution in [0, 0.1) is 12.3 Å². The highest BCUT2D eigenvalue weighted by Crippen LogP contribution is 2.40.